The van der Waals surface area contributed by atoms with Crippen LogP contribution in [0.3, 0.4) is 0 Å². The maximum atomic E-state index is 13.1. The zero-order valence-electron chi connectivity index (χ0n) is 17.4. The number of carbonyl (C=O) groups excluding carboxylic acids is 2. The molecule has 0 radical (unpaired) electrons. The molecule has 0 aliphatic carbocycles. The first-order chi connectivity index (χ1) is 15.0. The Kier molecular flexibility index (Phi) is 5.58. The van der Waals surface area contributed by atoms with Crippen LogP contribution in [0.1, 0.15) is 31.0 Å². The van der Waals surface area contributed by atoms with Crippen molar-refractivity contribution in [3.8, 4) is 5.75 Å². The third-order valence-electron chi connectivity index (χ3n) is 5.07. The molecule has 0 saturated carbocycles. The van der Waals surface area contributed by atoms with E-state index in [0.717, 1.165) is 5.56 Å². The molecule has 5 nitrogen and oxygen atoms in total. The number of aliphatic hydroxyl groups is 1. The molecule has 1 aliphatic heterocycles. The molecular weight excluding hydrogens is 390 g/mol. The van der Waals surface area contributed by atoms with Gasteiger partial charge in [0.05, 0.1) is 17.7 Å². The van der Waals surface area contributed by atoms with Gasteiger partial charge in [0.2, 0.25) is 0 Å². The van der Waals surface area contributed by atoms with E-state index in [2.05, 4.69) is 0 Å². The van der Waals surface area contributed by atoms with Crippen molar-refractivity contribution in [1.29, 1.82) is 0 Å². The molecule has 1 saturated heterocycles. The standard InChI is InChI=1S/C26H23NO4/c1-17(2)31-21-15-9-12-19(16-21)24(28)22-23(18-10-5-3-6-11-18)27(26(30)25(22)29)20-13-7-4-8-14-20/h3-17,23,28H,1-2H3/b24-22-. The predicted octanol–water partition coefficient (Wildman–Crippen LogP) is 5.10. The van der Waals surface area contributed by atoms with Crippen LogP contribution in [0.2, 0.25) is 0 Å². The van der Waals surface area contributed by atoms with Gasteiger partial charge in [0.25, 0.3) is 11.7 Å². The summed E-state index contributed by atoms with van der Waals surface area (Å²) in [6.45, 7) is 3.82. The van der Waals surface area contributed by atoms with E-state index in [-0.39, 0.29) is 17.4 Å². The Bertz CT molecular complexity index is 1140. The van der Waals surface area contributed by atoms with Gasteiger partial charge in [0, 0.05) is 11.3 Å². The molecule has 1 amide bonds. The van der Waals surface area contributed by atoms with Gasteiger partial charge in [-0.3, -0.25) is 14.5 Å². The summed E-state index contributed by atoms with van der Waals surface area (Å²) in [6.07, 6.45) is -0.0367. The van der Waals surface area contributed by atoms with Crippen molar-refractivity contribution in [2.75, 3.05) is 4.90 Å². The van der Waals surface area contributed by atoms with E-state index in [4.69, 9.17) is 4.74 Å². The monoisotopic (exact) mass is 413 g/mol. The lowest BCUT2D eigenvalue weighted by Crippen LogP contribution is -2.29. The van der Waals surface area contributed by atoms with Crippen molar-refractivity contribution in [1.82, 2.24) is 0 Å². The highest BCUT2D eigenvalue weighted by atomic mass is 16.5. The Morgan fingerprint density at radius 2 is 1.55 bits per heavy atom. The molecule has 1 aliphatic rings. The van der Waals surface area contributed by atoms with Crippen molar-refractivity contribution in [3.05, 3.63) is 102 Å². The van der Waals surface area contributed by atoms with Gasteiger partial charge in [-0.1, -0.05) is 60.7 Å². The minimum Gasteiger partial charge on any atom is -0.507 e. The van der Waals surface area contributed by atoms with Gasteiger partial charge in [-0.15, -0.1) is 0 Å². The number of ether oxygens (including phenoxy) is 1. The summed E-state index contributed by atoms with van der Waals surface area (Å²) < 4.78 is 5.72. The van der Waals surface area contributed by atoms with Crippen LogP contribution in [0.5, 0.6) is 5.75 Å². The number of para-hydroxylation sites is 1. The van der Waals surface area contributed by atoms with Crippen LogP contribution < -0.4 is 9.64 Å². The molecule has 1 fully saturated rings. The van der Waals surface area contributed by atoms with Gasteiger partial charge in [-0.25, -0.2) is 0 Å². The summed E-state index contributed by atoms with van der Waals surface area (Å²) in [5, 5.41) is 11.2. The van der Waals surface area contributed by atoms with E-state index in [1.807, 2.05) is 62.4 Å². The van der Waals surface area contributed by atoms with Crippen LogP contribution in [0.4, 0.5) is 5.69 Å². The Morgan fingerprint density at radius 3 is 2.19 bits per heavy atom. The van der Waals surface area contributed by atoms with Gasteiger partial charge < -0.3 is 9.84 Å². The number of aliphatic hydroxyl groups excluding tert-OH is 1. The van der Waals surface area contributed by atoms with Crippen molar-refractivity contribution < 1.29 is 19.4 Å². The SMILES string of the molecule is CC(C)Oc1cccc(/C(O)=C2/C(=O)C(=O)N(c3ccccc3)C2c2ccccc2)c1. The van der Waals surface area contributed by atoms with E-state index in [1.165, 1.54) is 4.90 Å². The summed E-state index contributed by atoms with van der Waals surface area (Å²) in [7, 11) is 0. The molecule has 3 aromatic carbocycles. The maximum Gasteiger partial charge on any atom is 0.300 e. The molecule has 156 valence electrons. The number of amides is 1. The van der Waals surface area contributed by atoms with Crippen molar-refractivity contribution >= 4 is 23.1 Å². The highest BCUT2D eigenvalue weighted by Crippen LogP contribution is 2.42. The van der Waals surface area contributed by atoms with Gasteiger partial charge in [0.1, 0.15) is 11.5 Å². The molecule has 4 rings (SSSR count). The second-order valence-electron chi connectivity index (χ2n) is 7.61. The Hall–Kier alpha value is -3.86. The second-order valence-corrected chi connectivity index (χ2v) is 7.61. The first-order valence-electron chi connectivity index (χ1n) is 10.2. The topological polar surface area (TPSA) is 66.8 Å². The predicted molar refractivity (Wildman–Crippen MR) is 120 cm³/mol. The molecule has 0 bridgehead atoms. The van der Waals surface area contributed by atoms with Crippen molar-refractivity contribution in [2.45, 2.75) is 26.0 Å². The van der Waals surface area contributed by atoms with Crippen molar-refractivity contribution in [2.24, 2.45) is 0 Å². The normalized spacial score (nSPS) is 17.9. The minimum absolute atomic E-state index is 0.0367. The summed E-state index contributed by atoms with van der Waals surface area (Å²) in [5.74, 6) is -1.03. The molecule has 0 spiro atoms. The third kappa shape index (κ3) is 3.94. The summed E-state index contributed by atoms with van der Waals surface area (Å²) in [4.78, 5) is 27.6. The molecular formula is C26H23NO4. The molecule has 1 heterocycles. The first-order valence-corrected chi connectivity index (χ1v) is 10.2. The van der Waals surface area contributed by atoms with Crippen LogP contribution in [0.25, 0.3) is 5.76 Å². The van der Waals surface area contributed by atoms with E-state index in [0.29, 0.717) is 17.0 Å². The summed E-state index contributed by atoms with van der Waals surface area (Å²) in [5.41, 5.74) is 1.81. The number of Topliss-reactive ketones (excluding diaryl/α,β-unsaturated/α-hetero) is 1. The highest BCUT2D eigenvalue weighted by Gasteiger charge is 2.46. The average Bonchev–Trinajstić information content (AvgIpc) is 3.05. The number of hydrogen-bond acceptors (Lipinski definition) is 4. The molecule has 0 aromatic heterocycles. The van der Waals surface area contributed by atoms with E-state index in [1.54, 1.807) is 36.4 Å². The number of rotatable bonds is 5. The van der Waals surface area contributed by atoms with Crippen LogP contribution >= 0.6 is 0 Å². The van der Waals surface area contributed by atoms with E-state index >= 15 is 0 Å². The quantitative estimate of drug-likeness (QED) is 0.359. The fourth-order valence-electron chi connectivity index (χ4n) is 3.78. The smallest absolute Gasteiger partial charge is 0.300 e. The highest BCUT2D eigenvalue weighted by molar-refractivity contribution is 6.51. The van der Waals surface area contributed by atoms with Gasteiger partial charge >= 0.3 is 0 Å². The van der Waals surface area contributed by atoms with Crippen LogP contribution in [0.15, 0.2) is 90.5 Å². The lowest BCUT2D eigenvalue weighted by Gasteiger charge is -2.25. The molecule has 1 unspecified atom stereocenters. The van der Waals surface area contributed by atoms with Crippen LogP contribution in [-0.4, -0.2) is 22.9 Å². The number of anilines is 1. The fourth-order valence-corrected chi connectivity index (χ4v) is 3.78. The molecule has 3 aromatic rings. The number of carbonyl (C=O) groups is 2. The summed E-state index contributed by atoms with van der Waals surface area (Å²) in [6, 6.07) is 24.4. The molecule has 5 heteroatoms. The Balaban J connectivity index is 1.89. The van der Waals surface area contributed by atoms with E-state index < -0.39 is 17.7 Å². The number of hydrogen-bond donors (Lipinski definition) is 1. The number of benzene rings is 3. The molecule has 31 heavy (non-hydrogen) atoms. The maximum absolute atomic E-state index is 13.1. The molecule has 1 atom stereocenters. The molecule has 1 N–H and O–H groups in total. The average molecular weight is 413 g/mol. The fraction of sp³-hybridized carbons (Fsp3) is 0.154. The minimum atomic E-state index is -0.738. The van der Waals surface area contributed by atoms with Gasteiger partial charge in [0.15, 0.2) is 0 Å². The zero-order chi connectivity index (χ0) is 22.0. The second kappa shape index (κ2) is 8.48. The van der Waals surface area contributed by atoms with Crippen molar-refractivity contribution in [3.63, 3.8) is 0 Å². The third-order valence-corrected chi connectivity index (χ3v) is 5.07. The lowest BCUT2D eigenvalue weighted by molar-refractivity contribution is -0.132. The summed E-state index contributed by atoms with van der Waals surface area (Å²) >= 11 is 0. The van der Waals surface area contributed by atoms with Crippen LogP contribution in [-0.2, 0) is 9.59 Å². The van der Waals surface area contributed by atoms with E-state index in [9.17, 15) is 14.7 Å². The Morgan fingerprint density at radius 1 is 0.903 bits per heavy atom. The zero-order valence-corrected chi connectivity index (χ0v) is 17.4. The first kappa shape index (κ1) is 20.4. The van der Waals surface area contributed by atoms with Gasteiger partial charge in [-0.05, 0) is 43.7 Å². The van der Waals surface area contributed by atoms with Gasteiger partial charge in [-0.2, -0.15) is 0 Å². The number of nitrogens with zero attached hydrogens (tertiary/aromatic N) is 1. The Labute approximate surface area is 181 Å². The van der Waals surface area contributed by atoms with Crippen LogP contribution in [0, 0.1) is 0 Å². The lowest BCUT2D eigenvalue weighted by atomic mass is 9.95. The number of ketones is 1. The largest absolute Gasteiger partial charge is 0.507 e.